The van der Waals surface area contributed by atoms with E-state index in [9.17, 15) is 9.59 Å². The summed E-state index contributed by atoms with van der Waals surface area (Å²) < 4.78 is 20.6. The minimum atomic E-state index is -0.588. The third-order valence-corrected chi connectivity index (χ3v) is 3.25. The van der Waals surface area contributed by atoms with Gasteiger partial charge in [0.1, 0.15) is 0 Å². The molecule has 6 heteroatoms. The highest BCUT2D eigenvalue weighted by Crippen LogP contribution is 2.24. The molecule has 2 aliphatic heterocycles. The second-order valence-corrected chi connectivity index (χ2v) is 4.58. The first-order chi connectivity index (χ1) is 10.2. The fourth-order valence-electron chi connectivity index (χ4n) is 2.23. The van der Waals surface area contributed by atoms with E-state index in [0.717, 1.165) is 6.42 Å². The van der Waals surface area contributed by atoms with Gasteiger partial charge in [0.25, 0.3) is 0 Å². The Kier molecular flexibility index (Phi) is 5.30. The van der Waals surface area contributed by atoms with E-state index in [1.54, 1.807) is 12.1 Å². The number of ether oxygens (including phenoxy) is 4. The Labute approximate surface area is 122 Å². The van der Waals surface area contributed by atoms with Crippen LogP contribution in [0.15, 0.2) is 12.1 Å². The predicted octanol–water partition coefficient (Wildman–Crippen LogP) is 1.70. The summed E-state index contributed by atoms with van der Waals surface area (Å²) in [5.41, 5.74) is 1.58. The molecule has 0 saturated carbocycles. The largest absolute Gasteiger partial charge is 0.465 e. The van der Waals surface area contributed by atoms with Gasteiger partial charge < -0.3 is 18.9 Å². The highest BCUT2D eigenvalue weighted by molar-refractivity contribution is 6.05. The second-order valence-electron chi connectivity index (χ2n) is 4.58. The van der Waals surface area contributed by atoms with Crippen LogP contribution in [0.25, 0.3) is 0 Å². The van der Waals surface area contributed by atoms with Crippen LogP contribution in [0.2, 0.25) is 0 Å². The van der Waals surface area contributed by atoms with Crippen LogP contribution < -0.4 is 0 Å². The summed E-state index contributed by atoms with van der Waals surface area (Å²) in [4.78, 5) is 24.2. The number of hydrogen-bond acceptors (Lipinski definition) is 6. The van der Waals surface area contributed by atoms with Crippen molar-refractivity contribution < 1.29 is 28.5 Å². The first-order valence-electron chi connectivity index (χ1n) is 6.66. The van der Waals surface area contributed by atoms with E-state index >= 15 is 0 Å². The van der Waals surface area contributed by atoms with Gasteiger partial charge in [-0.15, -0.1) is 0 Å². The molecule has 0 N–H and O–H groups in total. The molecular formula is C15H18O6. The Morgan fingerprint density at radius 2 is 1.33 bits per heavy atom. The van der Waals surface area contributed by atoms with Crippen LogP contribution >= 0.6 is 0 Å². The molecular weight excluding hydrogens is 276 g/mol. The summed E-state index contributed by atoms with van der Waals surface area (Å²) in [6.07, 6.45) is 0.752. The summed E-state index contributed by atoms with van der Waals surface area (Å²) >= 11 is 0. The van der Waals surface area contributed by atoms with E-state index in [2.05, 4.69) is 0 Å². The zero-order chi connectivity index (χ0) is 15.2. The van der Waals surface area contributed by atoms with Gasteiger partial charge in [0.15, 0.2) is 0 Å². The van der Waals surface area contributed by atoms with Crippen molar-refractivity contribution in [2.24, 2.45) is 0 Å². The van der Waals surface area contributed by atoms with E-state index in [-0.39, 0.29) is 24.3 Å². The molecule has 3 rings (SSSR count). The molecule has 0 atom stereocenters. The van der Waals surface area contributed by atoms with E-state index in [1.165, 1.54) is 14.2 Å². The highest BCUT2D eigenvalue weighted by atomic mass is 16.5. The normalized spacial score (nSPS) is 15.1. The molecule has 0 aromatic heterocycles. The fourth-order valence-corrected chi connectivity index (χ4v) is 2.23. The van der Waals surface area contributed by atoms with Gasteiger partial charge in [-0.1, -0.05) is 12.1 Å². The molecule has 2 bridgehead atoms. The average molecular weight is 294 g/mol. The minimum absolute atomic E-state index is 0.187. The lowest BCUT2D eigenvalue weighted by molar-refractivity contribution is 0.0547. The lowest BCUT2D eigenvalue weighted by atomic mass is 9.96. The zero-order valence-electron chi connectivity index (χ0n) is 12.1. The summed E-state index contributed by atoms with van der Waals surface area (Å²) in [7, 11) is 2.55. The monoisotopic (exact) mass is 294 g/mol. The van der Waals surface area contributed by atoms with Gasteiger partial charge in [0, 0.05) is 13.2 Å². The van der Waals surface area contributed by atoms with Crippen LogP contribution in [0.5, 0.6) is 0 Å². The van der Waals surface area contributed by atoms with Crippen LogP contribution in [0.3, 0.4) is 0 Å². The van der Waals surface area contributed by atoms with Crippen LogP contribution in [0.4, 0.5) is 0 Å². The molecule has 0 unspecified atom stereocenters. The number of fused-ring (bicyclic) bond motifs is 8. The standard InChI is InChI=1S/C15H18O6/c1-18-14(16)12-10-4-5-11(13(12)15(17)19-2)9-21-7-3-6-20-8-10/h4-5H,3,6-9H2,1-2H3. The van der Waals surface area contributed by atoms with Gasteiger partial charge in [-0.3, -0.25) is 0 Å². The topological polar surface area (TPSA) is 71.1 Å². The molecule has 0 fully saturated rings. The van der Waals surface area contributed by atoms with Gasteiger partial charge in [-0.05, 0) is 17.5 Å². The summed E-state index contributed by atoms with van der Waals surface area (Å²) in [6, 6.07) is 3.51. The number of carbonyl (C=O) groups excluding carboxylic acids is 2. The third kappa shape index (κ3) is 3.40. The third-order valence-electron chi connectivity index (χ3n) is 3.25. The van der Waals surface area contributed by atoms with Crippen molar-refractivity contribution in [3.8, 4) is 0 Å². The zero-order valence-corrected chi connectivity index (χ0v) is 12.1. The Hall–Kier alpha value is -1.92. The molecule has 0 radical (unpaired) electrons. The lowest BCUT2D eigenvalue weighted by Crippen LogP contribution is -2.18. The number of esters is 2. The van der Waals surface area contributed by atoms with Gasteiger partial charge in [0.2, 0.25) is 0 Å². The fraction of sp³-hybridized carbons (Fsp3) is 0.467. The van der Waals surface area contributed by atoms with Gasteiger partial charge in [-0.25, -0.2) is 9.59 Å². The molecule has 2 aliphatic rings. The average Bonchev–Trinajstić information content (AvgIpc) is 2.59. The molecule has 0 saturated heterocycles. The van der Waals surface area contributed by atoms with E-state index in [0.29, 0.717) is 24.3 Å². The van der Waals surface area contributed by atoms with E-state index in [1.807, 2.05) is 0 Å². The number of methoxy groups -OCH3 is 2. The summed E-state index contributed by atoms with van der Waals surface area (Å²) in [5, 5.41) is 0. The molecule has 6 nitrogen and oxygen atoms in total. The number of hydrogen-bond donors (Lipinski definition) is 0. The van der Waals surface area contributed by atoms with E-state index in [4.69, 9.17) is 18.9 Å². The molecule has 114 valence electrons. The van der Waals surface area contributed by atoms with Crippen molar-refractivity contribution in [3.63, 3.8) is 0 Å². The van der Waals surface area contributed by atoms with Gasteiger partial charge in [-0.2, -0.15) is 0 Å². The Morgan fingerprint density at radius 1 is 0.905 bits per heavy atom. The molecule has 0 aliphatic carbocycles. The molecule has 0 spiro atoms. The SMILES string of the molecule is COC(=O)c1c2ccc(c1C(=O)OC)COCCCOC2. The summed E-state index contributed by atoms with van der Waals surface area (Å²) in [5.74, 6) is -1.18. The molecule has 1 aromatic rings. The van der Waals surface area contributed by atoms with Crippen molar-refractivity contribution in [3.05, 3.63) is 34.4 Å². The van der Waals surface area contributed by atoms with Crippen molar-refractivity contribution in [2.75, 3.05) is 27.4 Å². The number of benzene rings is 1. The maximum Gasteiger partial charge on any atom is 0.339 e. The smallest absolute Gasteiger partial charge is 0.339 e. The molecule has 0 amide bonds. The number of carbonyl (C=O) groups is 2. The van der Waals surface area contributed by atoms with Crippen molar-refractivity contribution in [1.82, 2.24) is 0 Å². The Bertz CT molecular complexity index is 490. The van der Waals surface area contributed by atoms with Crippen molar-refractivity contribution in [1.29, 1.82) is 0 Å². The van der Waals surface area contributed by atoms with Crippen LogP contribution in [-0.2, 0) is 32.2 Å². The maximum absolute atomic E-state index is 12.1. The summed E-state index contributed by atoms with van der Waals surface area (Å²) in [6.45, 7) is 1.51. The minimum Gasteiger partial charge on any atom is -0.465 e. The Morgan fingerprint density at radius 3 is 1.71 bits per heavy atom. The predicted molar refractivity (Wildman–Crippen MR) is 73.1 cm³/mol. The Balaban J connectivity index is 2.59. The van der Waals surface area contributed by atoms with Crippen LogP contribution in [0, 0.1) is 0 Å². The van der Waals surface area contributed by atoms with Crippen LogP contribution in [-0.4, -0.2) is 39.4 Å². The van der Waals surface area contributed by atoms with Crippen molar-refractivity contribution in [2.45, 2.75) is 19.6 Å². The van der Waals surface area contributed by atoms with Gasteiger partial charge in [0.05, 0.1) is 38.6 Å². The van der Waals surface area contributed by atoms with Crippen molar-refractivity contribution >= 4 is 11.9 Å². The molecule has 21 heavy (non-hydrogen) atoms. The highest BCUT2D eigenvalue weighted by Gasteiger charge is 2.26. The van der Waals surface area contributed by atoms with Crippen LogP contribution in [0.1, 0.15) is 38.3 Å². The van der Waals surface area contributed by atoms with Gasteiger partial charge >= 0.3 is 11.9 Å². The molecule has 2 heterocycles. The van der Waals surface area contributed by atoms with E-state index < -0.39 is 11.9 Å². The maximum atomic E-state index is 12.1. The number of rotatable bonds is 2. The first-order valence-corrected chi connectivity index (χ1v) is 6.66. The second kappa shape index (κ2) is 7.19. The quantitative estimate of drug-likeness (QED) is 0.773. The lowest BCUT2D eigenvalue weighted by Gasteiger charge is -2.15. The first kappa shape index (κ1) is 15.5. The molecule has 1 aromatic carbocycles.